The number of nitrogens with one attached hydrogen (secondary N) is 1. The van der Waals surface area contributed by atoms with Gasteiger partial charge in [-0.1, -0.05) is 13.8 Å². The van der Waals surface area contributed by atoms with Gasteiger partial charge in [0.2, 0.25) is 11.8 Å². The van der Waals surface area contributed by atoms with Crippen molar-refractivity contribution < 1.29 is 19.2 Å². The lowest BCUT2D eigenvalue weighted by atomic mass is 10.0. The molecule has 0 aliphatic carbocycles. The van der Waals surface area contributed by atoms with Crippen LogP contribution in [0.15, 0.2) is 12.3 Å². The third-order valence-electron chi connectivity index (χ3n) is 3.93. The highest BCUT2D eigenvalue weighted by Gasteiger charge is 2.45. The first-order valence-corrected chi connectivity index (χ1v) is 7.12. The van der Waals surface area contributed by atoms with Gasteiger partial charge in [0.1, 0.15) is 6.04 Å². The van der Waals surface area contributed by atoms with E-state index in [2.05, 4.69) is 10.3 Å². The highest BCUT2D eigenvalue weighted by Crippen LogP contribution is 2.31. The molecule has 0 spiro atoms. The van der Waals surface area contributed by atoms with Crippen LogP contribution >= 0.6 is 0 Å². The van der Waals surface area contributed by atoms with Crippen molar-refractivity contribution in [1.82, 2.24) is 15.2 Å². The average Bonchev–Trinajstić information content (AvgIpc) is 2.72. The summed E-state index contributed by atoms with van der Waals surface area (Å²) in [4.78, 5) is 53.5. The highest BCUT2D eigenvalue weighted by atomic mass is 16.2. The Bertz CT molecular complexity index is 711. The fourth-order valence-electron chi connectivity index (χ4n) is 2.87. The van der Waals surface area contributed by atoms with Crippen molar-refractivity contribution in [1.29, 1.82) is 0 Å². The Hall–Kier alpha value is -2.57. The van der Waals surface area contributed by atoms with E-state index >= 15 is 0 Å². The van der Waals surface area contributed by atoms with E-state index in [0.717, 1.165) is 4.90 Å². The lowest BCUT2D eigenvalue weighted by molar-refractivity contribution is -0.136. The number of nitrogens with zero attached hydrogens (tertiary/aromatic N) is 2. The Kier molecular flexibility index (Phi) is 3.27. The Morgan fingerprint density at radius 3 is 2.59 bits per heavy atom. The fraction of sp³-hybridized carbons (Fsp3) is 0.400. The van der Waals surface area contributed by atoms with Crippen molar-refractivity contribution in [2.75, 3.05) is 0 Å². The van der Waals surface area contributed by atoms with E-state index in [-0.39, 0.29) is 35.8 Å². The number of carbonyl (C=O) groups is 4. The van der Waals surface area contributed by atoms with Gasteiger partial charge >= 0.3 is 0 Å². The van der Waals surface area contributed by atoms with Crippen molar-refractivity contribution in [2.45, 2.75) is 38.6 Å². The summed E-state index contributed by atoms with van der Waals surface area (Å²) in [6.07, 6.45) is 1.76. The molecular weight excluding hydrogens is 286 g/mol. The number of amides is 4. The second kappa shape index (κ2) is 5.01. The van der Waals surface area contributed by atoms with Gasteiger partial charge in [0.25, 0.3) is 11.8 Å². The predicted molar refractivity (Wildman–Crippen MR) is 75.0 cm³/mol. The average molecular weight is 301 g/mol. The molecule has 1 unspecified atom stereocenters. The second-order valence-electron chi connectivity index (χ2n) is 5.72. The van der Waals surface area contributed by atoms with Gasteiger partial charge < -0.3 is 0 Å². The number of fused-ring (bicyclic) bond motifs is 1. The standard InChI is InChI=1S/C15H15N3O4/c1-7(2)12-11-8(5-6-16-12)14(21)18(15(11)22)9-3-4-10(19)17-13(9)20/h5-7,9H,3-4H2,1-2H3,(H,17,19,20). The molecule has 0 aromatic carbocycles. The Balaban J connectivity index is 2.02. The van der Waals surface area contributed by atoms with Gasteiger partial charge in [-0.05, 0) is 18.4 Å². The minimum absolute atomic E-state index is 0.0200. The smallest absolute Gasteiger partial charge is 0.264 e. The zero-order chi connectivity index (χ0) is 16.0. The van der Waals surface area contributed by atoms with E-state index in [1.54, 1.807) is 0 Å². The number of hydrogen-bond donors (Lipinski definition) is 1. The van der Waals surface area contributed by atoms with Crippen LogP contribution in [0.3, 0.4) is 0 Å². The molecule has 1 fully saturated rings. The largest absolute Gasteiger partial charge is 0.295 e. The SMILES string of the molecule is CC(C)c1nccc2c1C(=O)N(C1CCC(=O)NC1=O)C2=O. The molecular formula is C15H15N3O4. The lowest BCUT2D eigenvalue weighted by Gasteiger charge is -2.27. The number of hydrogen-bond acceptors (Lipinski definition) is 5. The molecule has 22 heavy (non-hydrogen) atoms. The van der Waals surface area contributed by atoms with Crippen LogP contribution in [0.5, 0.6) is 0 Å². The molecule has 2 aliphatic heterocycles. The van der Waals surface area contributed by atoms with E-state index in [9.17, 15) is 19.2 Å². The molecule has 1 aromatic rings. The molecule has 4 amide bonds. The third-order valence-corrected chi connectivity index (χ3v) is 3.93. The Labute approximate surface area is 126 Å². The fourth-order valence-corrected chi connectivity index (χ4v) is 2.87. The number of imide groups is 2. The van der Waals surface area contributed by atoms with Crippen LogP contribution in [0.1, 0.15) is 59.0 Å². The number of rotatable bonds is 2. The third kappa shape index (κ3) is 2.01. The summed E-state index contributed by atoms with van der Waals surface area (Å²) < 4.78 is 0. The van der Waals surface area contributed by atoms with Crippen molar-refractivity contribution in [3.8, 4) is 0 Å². The summed E-state index contributed by atoms with van der Waals surface area (Å²) in [6, 6.07) is 0.554. The van der Waals surface area contributed by atoms with Crippen LogP contribution in [0.2, 0.25) is 0 Å². The van der Waals surface area contributed by atoms with Gasteiger partial charge in [0, 0.05) is 12.6 Å². The minimum Gasteiger partial charge on any atom is -0.295 e. The van der Waals surface area contributed by atoms with Crippen LogP contribution in [-0.4, -0.2) is 39.6 Å². The Morgan fingerprint density at radius 1 is 1.23 bits per heavy atom. The van der Waals surface area contributed by atoms with Gasteiger partial charge in [-0.2, -0.15) is 0 Å². The van der Waals surface area contributed by atoms with Gasteiger partial charge in [0.05, 0.1) is 16.8 Å². The molecule has 2 aliphatic rings. The first-order valence-electron chi connectivity index (χ1n) is 7.12. The van der Waals surface area contributed by atoms with Gasteiger partial charge in [0.15, 0.2) is 0 Å². The maximum Gasteiger partial charge on any atom is 0.264 e. The summed E-state index contributed by atoms with van der Waals surface area (Å²) in [7, 11) is 0. The first kappa shape index (κ1) is 14.4. The van der Waals surface area contributed by atoms with Crippen LogP contribution in [0, 0.1) is 0 Å². The lowest BCUT2D eigenvalue weighted by Crippen LogP contribution is -2.54. The molecule has 3 rings (SSSR count). The van der Waals surface area contributed by atoms with Crippen LogP contribution < -0.4 is 5.32 Å². The zero-order valence-corrected chi connectivity index (χ0v) is 12.3. The minimum atomic E-state index is -0.940. The normalized spacial score (nSPS) is 21.4. The van der Waals surface area contributed by atoms with E-state index < -0.39 is 23.8 Å². The zero-order valence-electron chi connectivity index (χ0n) is 12.3. The number of carbonyl (C=O) groups excluding carboxylic acids is 4. The monoisotopic (exact) mass is 301 g/mol. The molecule has 7 heteroatoms. The number of piperidine rings is 1. The molecule has 114 valence electrons. The molecule has 1 N–H and O–H groups in total. The van der Waals surface area contributed by atoms with Gasteiger partial charge in [-0.3, -0.25) is 34.4 Å². The molecule has 1 aromatic heterocycles. The molecule has 0 radical (unpaired) electrons. The van der Waals surface area contributed by atoms with Gasteiger partial charge in [-0.25, -0.2) is 0 Å². The topological polar surface area (TPSA) is 96.4 Å². The number of pyridine rings is 1. The molecule has 7 nitrogen and oxygen atoms in total. The van der Waals surface area contributed by atoms with Crippen molar-refractivity contribution >= 4 is 23.6 Å². The Morgan fingerprint density at radius 2 is 1.95 bits per heavy atom. The predicted octanol–water partition coefficient (Wildman–Crippen LogP) is 0.606. The van der Waals surface area contributed by atoms with Crippen molar-refractivity contribution in [2.24, 2.45) is 0 Å². The number of aromatic nitrogens is 1. The quantitative estimate of drug-likeness (QED) is 0.807. The van der Waals surface area contributed by atoms with E-state index in [4.69, 9.17) is 0 Å². The van der Waals surface area contributed by atoms with Crippen LogP contribution in [0.4, 0.5) is 0 Å². The first-order chi connectivity index (χ1) is 10.4. The summed E-state index contributed by atoms with van der Waals surface area (Å²) in [5.74, 6) is -2.02. The maximum atomic E-state index is 12.7. The van der Waals surface area contributed by atoms with Crippen LogP contribution in [0.25, 0.3) is 0 Å². The van der Waals surface area contributed by atoms with E-state index in [0.29, 0.717) is 5.69 Å². The summed E-state index contributed by atoms with van der Waals surface area (Å²) in [6.45, 7) is 3.77. The molecule has 1 saturated heterocycles. The summed E-state index contributed by atoms with van der Waals surface area (Å²) in [5, 5.41) is 2.17. The summed E-state index contributed by atoms with van der Waals surface area (Å²) >= 11 is 0. The van der Waals surface area contributed by atoms with Crippen molar-refractivity contribution in [3.05, 3.63) is 29.1 Å². The van der Waals surface area contributed by atoms with E-state index in [1.807, 2.05) is 13.8 Å². The molecule has 0 saturated carbocycles. The molecule has 0 bridgehead atoms. The van der Waals surface area contributed by atoms with Gasteiger partial charge in [-0.15, -0.1) is 0 Å². The molecule has 1 atom stereocenters. The second-order valence-corrected chi connectivity index (χ2v) is 5.72. The summed E-state index contributed by atoms with van der Waals surface area (Å²) in [5.41, 5.74) is 1.09. The van der Waals surface area contributed by atoms with E-state index in [1.165, 1.54) is 12.3 Å². The maximum absolute atomic E-state index is 12.7. The highest BCUT2D eigenvalue weighted by molar-refractivity contribution is 6.23. The molecule has 3 heterocycles. The van der Waals surface area contributed by atoms with Crippen LogP contribution in [-0.2, 0) is 9.59 Å². The van der Waals surface area contributed by atoms with Crippen molar-refractivity contribution in [3.63, 3.8) is 0 Å².